The van der Waals surface area contributed by atoms with Crippen molar-refractivity contribution in [2.75, 3.05) is 6.61 Å². The molecule has 0 spiro atoms. The zero-order valence-corrected chi connectivity index (χ0v) is 10.2. The number of nitrogens with zero attached hydrogens (tertiary/aromatic N) is 2. The first-order valence-corrected chi connectivity index (χ1v) is 5.56. The Morgan fingerprint density at radius 1 is 1.53 bits per heavy atom. The van der Waals surface area contributed by atoms with Crippen molar-refractivity contribution in [2.45, 2.75) is 6.04 Å². The number of aliphatic hydroxyl groups is 1. The fraction of sp³-hybridized carbons (Fsp3) is 0.200. The molecule has 0 radical (unpaired) electrons. The van der Waals surface area contributed by atoms with Crippen molar-refractivity contribution < 1.29 is 14.0 Å². The number of benzene rings is 1. The minimum absolute atomic E-state index is 0.142. The van der Waals surface area contributed by atoms with Crippen LogP contribution >= 0.6 is 15.9 Å². The summed E-state index contributed by atoms with van der Waals surface area (Å²) >= 11 is 3.07. The minimum atomic E-state index is -0.708. The van der Waals surface area contributed by atoms with Crippen molar-refractivity contribution >= 4 is 15.9 Å². The van der Waals surface area contributed by atoms with Crippen LogP contribution in [0.15, 0.2) is 27.2 Å². The molecule has 5 nitrogen and oxygen atoms in total. The van der Waals surface area contributed by atoms with Crippen LogP contribution in [0.4, 0.5) is 4.39 Å². The van der Waals surface area contributed by atoms with E-state index in [1.54, 1.807) is 0 Å². The van der Waals surface area contributed by atoms with Crippen LogP contribution in [-0.2, 0) is 0 Å². The number of aromatic nitrogens is 2. The van der Waals surface area contributed by atoms with Crippen LogP contribution in [0, 0.1) is 5.82 Å². The summed E-state index contributed by atoms with van der Waals surface area (Å²) in [6, 6.07) is 3.65. The molecule has 1 aromatic heterocycles. The normalized spacial score (nSPS) is 12.7. The smallest absolute Gasteiger partial charge is 0.246 e. The fourth-order valence-corrected chi connectivity index (χ4v) is 1.60. The van der Waals surface area contributed by atoms with Gasteiger partial charge in [-0.15, -0.1) is 0 Å². The second kappa shape index (κ2) is 4.91. The first-order chi connectivity index (χ1) is 8.11. The van der Waals surface area contributed by atoms with Gasteiger partial charge in [0, 0.05) is 5.56 Å². The van der Waals surface area contributed by atoms with Crippen LogP contribution in [0.2, 0.25) is 0 Å². The monoisotopic (exact) mass is 301 g/mol. The number of rotatable bonds is 3. The molecule has 1 heterocycles. The molecule has 7 heteroatoms. The summed E-state index contributed by atoms with van der Waals surface area (Å²) in [5.74, 6) is 0.0667. The molecule has 0 unspecified atom stereocenters. The van der Waals surface area contributed by atoms with Gasteiger partial charge in [-0.2, -0.15) is 4.98 Å². The molecule has 90 valence electrons. The lowest BCUT2D eigenvalue weighted by Gasteiger charge is -1.99. The molecular weight excluding hydrogens is 293 g/mol. The minimum Gasteiger partial charge on any atom is -0.394 e. The summed E-state index contributed by atoms with van der Waals surface area (Å²) in [7, 11) is 0. The summed E-state index contributed by atoms with van der Waals surface area (Å²) in [6.07, 6.45) is 0. The average molecular weight is 302 g/mol. The Balaban J connectivity index is 2.33. The fourth-order valence-electron chi connectivity index (χ4n) is 1.22. The third kappa shape index (κ3) is 2.51. The maximum Gasteiger partial charge on any atom is 0.246 e. The Labute approximate surface area is 105 Å². The molecule has 17 heavy (non-hydrogen) atoms. The highest BCUT2D eigenvalue weighted by Crippen LogP contribution is 2.23. The lowest BCUT2D eigenvalue weighted by molar-refractivity contribution is 0.237. The lowest BCUT2D eigenvalue weighted by atomic mass is 10.2. The number of nitrogens with two attached hydrogens (primary N) is 1. The van der Waals surface area contributed by atoms with Gasteiger partial charge in [-0.05, 0) is 34.1 Å². The molecule has 0 saturated carbocycles. The highest BCUT2D eigenvalue weighted by atomic mass is 79.9. The van der Waals surface area contributed by atoms with Gasteiger partial charge in [-0.1, -0.05) is 5.16 Å². The van der Waals surface area contributed by atoms with Gasteiger partial charge in [0.1, 0.15) is 11.9 Å². The molecular formula is C10H9BrFN3O2. The van der Waals surface area contributed by atoms with Crippen LogP contribution < -0.4 is 5.73 Å². The van der Waals surface area contributed by atoms with E-state index in [0.717, 1.165) is 0 Å². The van der Waals surface area contributed by atoms with E-state index >= 15 is 0 Å². The van der Waals surface area contributed by atoms with Gasteiger partial charge in [0.15, 0.2) is 0 Å². The third-order valence-electron chi connectivity index (χ3n) is 2.13. The van der Waals surface area contributed by atoms with Crippen molar-refractivity contribution in [1.82, 2.24) is 10.1 Å². The van der Waals surface area contributed by atoms with Crippen molar-refractivity contribution in [1.29, 1.82) is 0 Å². The van der Waals surface area contributed by atoms with Crippen molar-refractivity contribution in [3.63, 3.8) is 0 Å². The van der Waals surface area contributed by atoms with Gasteiger partial charge in [0.05, 0.1) is 11.1 Å². The van der Waals surface area contributed by atoms with E-state index in [9.17, 15) is 4.39 Å². The van der Waals surface area contributed by atoms with E-state index in [0.29, 0.717) is 15.9 Å². The zero-order chi connectivity index (χ0) is 12.4. The van der Waals surface area contributed by atoms with E-state index < -0.39 is 6.04 Å². The number of hydrogen-bond donors (Lipinski definition) is 2. The molecule has 2 rings (SSSR count). The van der Waals surface area contributed by atoms with E-state index in [1.165, 1.54) is 18.2 Å². The van der Waals surface area contributed by atoms with Crippen molar-refractivity contribution in [2.24, 2.45) is 5.73 Å². The maximum atomic E-state index is 13.0. The van der Waals surface area contributed by atoms with Crippen molar-refractivity contribution in [3.05, 3.63) is 34.4 Å². The van der Waals surface area contributed by atoms with Crippen molar-refractivity contribution in [3.8, 4) is 11.4 Å². The van der Waals surface area contributed by atoms with Gasteiger partial charge < -0.3 is 15.4 Å². The van der Waals surface area contributed by atoms with Gasteiger partial charge >= 0.3 is 0 Å². The summed E-state index contributed by atoms with van der Waals surface area (Å²) < 4.78 is 18.2. The Bertz CT molecular complexity index is 532. The SMILES string of the molecule is N[C@@H](CO)c1nc(-c2ccc(F)c(Br)c2)no1. The summed E-state index contributed by atoms with van der Waals surface area (Å²) in [4.78, 5) is 4.02. The predicted octanol–water partition coefficient (Wildman–Crippen LogP) is 1.63. The number of halogens is 2. The molecule has 2 aromatic rings. The molecule has 3 N–H and O–H groups in total. The quantitative estimate of drug-likeness (QED) is 0.900. The Morgan fingerprint density at radius 3 is 2.94 bits per heavy atom. The van der Waals surface area contributed by atoms with Gasteiger partial charge in [0.2, 0.25) is 11.7 Å². The van der Waals surface area contributed by atoms with Gasteiger partial charge in [-0.25, -0.2) is 4.39 Å². The van der Waals surface area contributed by atoms with Gasteiger partial charge in [-0.3, -0.25) is 0 Å². The molecule has 0 fully saturated rings. The molecule has 0 aliphatic carbocycles. The van der Waals surface area contributed by atoms with Gasteiger partial charge in [0.25, 0.3) is 0 Å². The first kappa shape index (κ1) is 12.2. The summed E-state index contributed by atoms with van der Waals surface area (Å²) in [5.41, 5.74) is 6.12. The first-order valence-electron chi connectivity index (χ1n) is 4.77. The van der Waals surface area contributed by atoms with Crippen LogP contribution in [0.25, 0.3) is 11.4 Å². The second-order valence-corrected chi connectivity index (χ2v) is 4.23. The predicted molar refractivity (Wildman–Crippen MR) is 61.4 cm³/mol. The van der Waals surface area contributed by atoms with Crippen LogP contribution in [0.3, 0.4) is 0 Å². The van der Waals surface area contributed by atoms with Crippen LogP contribution in [-0.4, -0.2) is 21.9 Å². The molecule has 0 aliphatic rings. The molecule has 0 amide bonds. The summed E-state index contributed by atoms with van der Waals surface area (Å²) in [6.45, 7) is -0.283. The largest absolute Gasteiger partial charge is 0.394 e. The molecule has 1 atom stereocenters. The van der Waals surface area contributed by atoms with Crippen LogP contribution in [0.5, 0.6) is 0 Å². The summed E-state index contributed by atoms with van der Waals surface area (Å²) in [5, 5.41) is 12.5. The Kier molecular flexibility index (Phi) is 3.51. The Hall–Kier alpha value is -1.31. The van der Waals surface area contributed by atoms with E-state index in [1.807, 2.05) is 0 Å². The highest BCUT2D eigenvalue weighted by molar-refractivity contribution is 9.10. The number of hydrogen-bond acceptors (Lipinski definition) is 5. The highest BCUT2D eigenvalue weighted by Gasteiger charge is 2.15. The second-order valence-electron chi connectivity index (χ2n) is 3.37. The molecule has 1 aromatic carbocycles. The lowest BCUT2D eigenvalue weighted by Crippen LogP contribution is -2.14. The van der Waals surface area contributed by atoms with E-state index in [-0.39, 0.29) is 18.3 Å². The molecule has 0 aliphatic heterocycles. The third-order valence-corrected chi connectivity index (χ3v) is 2.74. The average Bonchev–Trinajstić information content (AvgIpc) is 2.81. The molecule has 0 bridgehead atoms. The molecule has 0 saturated heterocycles. The zero-order valence-electron chi connectivity index (χ0n) is 8.60. The van der Waals surface area contributed by atoms with E-state index in [2.05, 4.69) is 26.1 Å². The van der Waals surface area contributed by atoms with E-state index in [4.69, 9.17) is 15.4 Å². The standard InChI is InChI=1S/C10H9BrFN3O2/c11-6-3-5(1-2-7(6)12)9-14-10(17-15-9)8(13)4-16/h1-3,8,16H,4,13H2/t8-/m0/s1. The Morgan fingerprint density at radius 2 is 2.29 bits per heavy atom. The number of aliphatic hydroxyl groups excluding tert-OH is 1. The topological polar surface area (TPSA) is 85.2 Å². The maximum absolute atomic E-state index is 13.0. The van der Waals surface area contributed by atoms with Crippen LogP contribution in [0.1, 0.15) is 11.9 Å².